The van der Waals surface area contributed by atoms with Gasteiger partial charge in [0.2, 0.25) is 0 Å². The fourth-order valence-corrected chi connectivity index (χ4v) is 2.66. The molecule has 4 nitrogen and oxygen atoms in total. The second kappa shape index (κ2) is 8.39. The molecule has 1 aromatic carbocycles. The molecule has 0 bridgehead atoms. The van der Waals surface area contributed by atoms with Crippen molar-refractivity contribution in [3.8, 4) is 5.75 Å². The molecule has 0 fully saturated rings. The summed E-state index contributed by atoms with van der Waals surface area (Å²) in [6, 6.07) is 6.19. The molecule has 0 radical (unpaired) electrons. The zero-order valence-corrected chi connectivity index (χ0v) is 14.3. The quantitative estimate of drug-likeness (QED) is 0.761. The van der Waals surface area contributed by atoms with Gasteiger partial charge in [0.15, 0.2) is 9.84 Å². The number of hydrogen-bond donors (Lipinski definition) is 1. The van der Waals surface area contributed by atoms with Crippen molar-refractivity contribution in [2.24, 2.45) is 0 Å². The standard InChI is InChI=1S/C16H27NO3S/c1-5-9-17-14(4)15-12-13(3)7-8-16(15)20-10-11-21(18,19)6-2/h7-8,12,14,17H,5-6,9-11H2,1-4H3. The van der Waals surface area contributed by atoms with Crippen LogP contribution in [0.25, 0.3) is 0 Å². The maximum atomic E-state index is 11.5. The van der Waals surface area contributed by atoms with Gasteiger partial charge in [0.25, 0.3) is 0 Å². The van der Waals surface area contributed by atoms with Crippen LogP contribution in [-0.4, -0.2) is 33.1 Å². The average molecular weight is 313 g/mol. The molecule has 0 aromatic heterocycles. The summed E-state index contributed by atoms with van der Waals surface area (Å²) >= 11 is 0. The highest BCUT2D eigenvalue weighted by Gasteiger charge is 2.13. The van der Waals surface area contributed by atoms with E-state index in [-0.39, 0.29) is 24.2 Å². The van der Waals surface area contributed by atoms with Gasteiger partial charge in [-0.25, -0.2) is 8.42 Å². The summed E-state index contributed by atoms with van der Waals surface area (Å²) < 4.78 is 28.7. The first-order valence-electron chi connectivity index (χ1n) is 7.56. The first-order valence-corrected chi connectivity index (χ1v) is 9.39. The predicted molar refractivity (Wildman–Crippen MR) is 87.7 cm³/mol. The highest BCUT2D eigenvalue weighted by molar-refractivity contribution is 7.91. The average Bonchev–Trinajstić information content (AvgIpc) is 2.46. The van der Waals surface area contributed by atoms with E-state index in [9.17, 15) is 8.42 Å². The number of ether oxygens (including phenoxy) is 1. The Balaban J connectivity index is 2.77. The number of benzene rings is 1. The van der Waals surface area contributed by atoms with Crippen molar-refractivity contribution in [1.82, 2.24) is 5.32 Å². The van der Waals surface area contributed by atoms with E-state index >= 15 is 0 Å². The van der Waals surface area contributed by atoms with Crippen molar-refractivity contribution in [3.63, 3.8) is 0 Å². The Morgan fingerprint density at radius 3 is 2.62 bits per heavy atom. The Hall–Kier alpha value is -1.07. The smallest absolute Gasteiger partial charge is 0.153 e. The topological polar surface area (TPSA) is 55.4 Å². The molecule has 1 N–H and O–H groups in total. The van der Waals surface area contributed by atoms with Gasteiger partial charge >= 0.3 is 0 Å². The first kappa shape index (κ1) is 18.0. The predicted octanol–water partition coefficient (Wildman–Crippen LogP) is 2.87. The number of aryl methyl sites for hydroxylation is 1. The van der Waals surface area contributed by atoms with Crippen LogP contribution in [-0.2, 0) is 9.84 Å². The van der Waals surface area contributed by atoms with Gasteiger partial charge in [-0.1, -0.05) is 31.5 Å². The zero-order chi connectivity index (χ0) is 15.9. The Kier molecular flexibility index (Phi) is 7.18. The van der Waals surface area contributed by atoms with Gasteiger partial charge in [-0.15, -0.1) is 0 Å². The van der Waals surface area contributed by atoms with Crippen LogP contribution in [0.4, 0.5) is 0 Å². The highest BCUT2D eigenvalue weighted by atomic mass is 32.2. The molecule has 0 heterocycles. The van der Waals surface area contributed by atoms with Crippen LogP contribution in [0.15, 0.2) is 18.2 Å². The number of sulfone groups is 1. The van der Waals surface area contributed by atoms with Gasteiger partial charge in [0, 0.05) is 17.4 Å². The maximum Gasteiger partial charge on any atom is 0.153 e. The minimum absolute atomic E-state index is 0.0631. The van der Waals surface area contributed by atoms with E-state index in [1.165, 1.54) is 5.56 Å². The summed E-state index contributed by atoms with van der Waals surface area (Å²) in [5.41, 5.74) is 2.25. The molecule has 0 aliphatic carbocycles. The highest BCUT2D eigenvalue weighted by Crippen LogP contribution is 2.26. The van der Waals surface area contributed by atoms with Gasteiger partial charge in [-0.3, -0.25) is 0 Å². The van der Waals surface area contributed by atoms with E-state index < -0.39 is 9.84 Å². The van der Waals surface area contributed by atoms with E-state index in [4.69, 9.17) is 4.74 Å². The molecule has 0 saturated heterocycles. The Morgan fingerprint density at radius 2 is 2.00 bits per heavy atom. The summed E-state index contributed by atoms with van der Waals surface area (Å²) in [5.74, 6) is 0.988. The van der Waals surface area contributed by atoms with Gasteiger partial charge in [-0.05, 0) is 32.9 Å². The normalized spacial score (nSPS) is 13.1. The van der Waals surface area contributed by atoms with Crippen LogP contribution in [0, 0.1) is 6.92 Å². The molecule has 0 aliphatic rings. The number of rotatable bonds is 9. The largest absolute Gasteiger partial charge is 0.492 e. The van der Waals surface area contributed by atoms with Crippen LogP contribution in [0.1, 0.15) is 44.4 Å². The molecule has 0 spiro atoms. The lowest BCUT2D eigenvalue weighted by Gasteiger charge is -2.19. The van der Waals surface area contributed by atoms with E-state index in [1.54, 1.807) is 6.92 Å². The molecule has 0 saturated carbocycles. The molecule has 0 aliphatic heterocycles. The van der Waals surface area contributed by atoms with E-state index in [0.29, 0.717) is 0 Å². The SMILES string of the molecule is CCCNC(C)c1cc(C)ccc1OCCS(=O)(=O)CC. The van der Waals surface area contributed by atoms with E-state index in [2.05, 4.69) is 25.2 Å². The second-order valence-corrected chi connectivity index (χ2v) is 7.77. The Bertz CT molecular complexity index is 540. The lowest BCUT2D eigenvalue weighted by molar-refractivity contribution is 0.333. The monoisotopic (exact) mass is 313 g/mol. The molecule has 21 heavy (non-hydrogen) atoms. The van der Waals surface area contributed by atoms with Crippen molar-refractivity contribution in [2.45, 2.75) is 40.2 Å². The second-order valence-electron chi connectivity index (χ2n) is 5.30. The van der Waals surface area contributed by atoms with E-state index in [0.717, 1.165) is 24.3 Å². The van der Waals surface area contributed by atoms with E-state index in [1.807, 2.05) is 19.1 Å². The molecule has 1 rings (SSSR count). The van der Waals surface area contributed by atoms with Crippen LogP contribution in [0.3, 0.4) is 0 Å². The third-order valence-electron chi connectivity index (χ3n) is 3.42. The third kappa shape index (κ3) is 6.06. The van der Waals surface area contributed by atoms with Gasteiger partial charge in [0.05, 0.1) is 5.75 Å². The summed E-state index contributed by atoms with van der Waals surface area (Å²) in [6.07, 6.45) is 1.07. The minimum Gasteiger partial charge on any atom is -0.492 e. The minimum atomic E-state index is -2.99. The van der Waals surface area contributed by atoms with Gasteiger partial charge in [-0.2, -0.15) is 0 Å². The van der Waals surface area contributed by atoms with Crippen molar-refractivity contribution in [2.75, 3.05) is 24.7 Å². The molecule has 1 aromatic rings. The zero-order valence-electron chi connectivity index (χ0n) is 13.5. The first-order chi connectivity index (χ1) is 9.89. The molecule has 5 heteroatoms. The molecule has 0 amide bonds. The molecule has 1 atom stereocenters. The fourth-order valence-electron chi connectivity index (χ4n) is 2.03. The van der Waals surface area contributed by atoms with Crippen LogP contribution in [0.5, 0.6) is 5.75 Å². The summed E-state index contributed by atoms with van der Waals surface area (Å²) in [4.78, 5) is 0. The third-order valence-corrected chi connectivity index (χ3v) is 5.09. The molecular weight excluding hydrogens is 286 g/mol. The fraction of sp³-hybridized carbons (Fsp3) is 0.625. The molecule has 1 unspecified atom stereocenters. The molecule has 120 valence electrons. The maximum absolute atomic E-state index is 11.5. The number of nitrogens with one attached hydrogen (secondary N) is 1. The van der Waals surface area contributed by atoms with Gasteiger partial charge in [0.1, 0.15) is 12.4 Å². The summed E-state index contributed by atoms with van der Waals surface area (Å²) in [7, 11) is -2.99. The lowest BCUT2D eigenvalue weighted by Crippen LogP contribution is -2.21. The van der Waals surface area contributed by atoms with Crippen molar-refractivity contribution < 1.29 is 13.2 Å². The summed E-state index contributed by atoms with van der Waals surface area (Å²) in [6.45, 7) is 9.07. The summed E-state index contributed by atoms with van der Waals surface area (Å²) in [5, 5.41) is 3.44. The van der Waals surface area contributed by atoms with Crippen LogP contribution < -0.4 is 10.1 Å². The molecular formula is C16H27NO3S. The van der Waals surface area contributed by atoms with Crippen molar-refractivity contribution in [1.29, 1.82) is 0 Å². The van der Waals surface area contributed by atoms with Crippen LogP contribution in [0.2, 0.25) is 0 Å². The van der Waals surface area contributed by atoms with Crippen molar-refractivity contribution in [3.05, 3.63) is 29.3 Å². The van der Waals surface area contributed by atoms with Crippen molar-refractivity contribution >= 4 is 9.84 Å². The number of hydrogen-bond acceptors (Lipinski definition) is 4. The Labute approximate surface area is 128 Å². The van der Waals surface area contributed by atoms with Crippen LogP contribution >= 0.6 is 0 Å². The Morgan fingerprint density at radius 1 is 1.29 bits per heavy atom. The lowest BCUT2D eigenvalue weighted by atomic mass is 10.0. The van der Waals surface area contributed by atoms with Gasteiger partial charge < -0.3 is 10.1 Å².